The molecule has 0 aliphatic heterocycles. The second-order valence-electron chi connectivity index (χ2n) is 7.43. The van der Waals surface area contributed by atoms with E-state index >= 15 is 0 Å². The maximum Gasteiger partial charge on any atom is 0.248 e. The van der Waals surface area contributed by atoms with Crippen LogP contribution in [-0.2, 0) is 13.0 Å². The Balaban J connectivity index is 1.97. The molecular formula is C20H29N3O. The summed E-state index contributed by atoms with van der Waals surface area (Å²) in [7, 11) is 0. The minimum Gasteiger partial charge on any atom is -0.366 e. The summed E-state index contributed by atoms with van der Waals surface area (Å²) in [5, 5.41) is 0. The summed E-state index contributed by atoms with van der Waals surface area (Å²) in [6, 6.07) is 5.67. The van der Waals surface area contributed by atoms with Crippen molar-refractivity contribution >= 4 is 16.9 Å². The summed E-state index contributed by atoms with van der Waals surface area (Å²) in [4.78, 5) is 16.4. The van der Waals surface area contributed by atoms with Crippen LogP contribution in [0.2, 0.25) is 0 Å². The molecule has 1 saturated carbocycles. The van der Waals surface area contributed by atoms with Gasteiger partial charge >= 0.3 is 0 Å². The second-order valence-corrected chi connectivity index (χ2v) is 7.43. The fraction of sp³-hybridized carbons (Fsp3) is 0.600. The molecule has 1 aromatic heterocycles. The monoisotopic (exact) mass is 327 g/mol. The van der Waals surface area contributed by atoms with Crippen molar-refractivity contribution < 1.29 is 4.79 Å². The molecule has 0 radical (unpaired) electrons. The van der Waals surface area contributed by atoms with Gasteiger partial charge in [0.15, 0.2) is 0 Å². The number of carbonyl (C=O) groups is 1. The minimum atomic E-state index is -0.387. The molecule has 24 heavy (non-hydrogen) atoms. The molecule has 1 aromatic carbocycles. The molecule has 2 aromatic rings. The van der Waals surface area contributed by atoms with Crippen LogP contribution < -0.4 is 5.73 Å². The first kappa shape index (κ1) is 17.0. The van der Waals surface area contributed by atoms with Crippen molar-refractivity contribution in [1.82, 2.24) is 9.55 Å². The highest BCUT2D eigenvalue weighted by atomic mass is 16.1. The largest absolute Gasteiger partial charge is 0.366 e. The number of benzene rings is 1. The maximum atomic E-state index is 11.5. The van der Waals surface area contributed by atoms with Gasteiger partial charge in [-0.3, -0.25) is 4.79 Å². The number of hydrogen-bond acceptors (Lipinski definition) is 2. The number of rotatable bonds is 6. The van der Waals surface area contributed by atoms with Crippen LogP contribution in [0.3, 0.4) is 0 Å². The number of fused-ring (bicyclic) bond motifs is 1. The highest BCUT2D eigenvalue weighted by Gasteiger charge is 2.20. The average molecular weight is 327 g/mol. The van der Waals surface area contributed by atoms with Gasteiger partial charge in [-0.25, -0.2) is 4.98 Å². The number of nitrogens with zero attached hydrogens (tertiary/aromatic N) is 2. The van der Waals surface area contributed by atoms with Crippen molar-refractivity contribution in [2.75, 3.05) is 0 Å². The van der Waals surface area contributed by atoms with Crippen molar-refractivity contribution in [2.45, 2.75) is 65.3 Å². The zero-order chi connectivity index (χ0) is 17.1. The van der Waals surface area contributed by atoms with E-state index in [0.29, 0.717) is 11.5 Å². The van der Waals surface area contributed by atoms with Gasteiger partial charge in [-0.1, -0.05) is 52.4 Å². The van der Waals surface area contributed by atoms with E-state index in [2.05, 4.69) is 18.4 Å². The SMILES string of the molecule is CCC(C)Cn1c(CC2CCCCC2)nc2cc(C(N)=O)ccc21. The van der Waals surface area contributed by atoms with E-state index in [0.717, 1.165) is 36.3 Å². The molecule has 0 spiro atoms. The summed E-state index contributed by atoms with van der Waals surface area (Å²) in [6.45, 7) is 5.51. The van der Waals surface area contributed by atoms with Crippen LogP contribution in [0.25, 0.3) is 11.0 Å². The number of primary amides is 1. The van der Waals surface area contributed by atoms with Gasteiger partial charge in [-0.15, -0.1) is 0 Å². The Morgan fingerprint density at radius 2 is 2.08 bits per heavy atom. The van der Waals surface area contributed by atoms with Crippen molar-refractivity contribution in [3.63, 3.8) is 0 Å². The van der Waals surface area contributed by atoms with Crippen LogP contribution in [0.15, 0.2) is 18.2 Å². The first-order valence-electron chi connectivity index (χ1n) is 9.37. The fourth-order valence-electron chi connectivity index (χ4n) is 3.78. The van der Waals surface area contributed by atoms with E-state index < -0.39 is 0 Å². The molecular weight excluding hydrogens is 298 g/mol. The molecule has 0 saturated heterocycles. The third kappa shape index (κ3) is 3.63. The fourth-order valence-corrected chi connectivity index (χ4v) is 3.78. The molecule has 4 heteroatoms. The summed E-state index contributed by atoms with van der Waals surface area (Å²) < 4.78 is 2.38. The summed E-state index contributed by atoms with van der Waals surface area (Å²) in [5.74, 6) is 2.16. The maximum absolute atomic E-state index is 11.5. The lowest BCUT2D eigenvalue weighted by atomic mass is 9.87. The van der Waals surface area contributed by atoms with E-state index in [9.17, 15) is 4.79 Å². The van der Waals surface area contributed by atoms with Crippen molar-refractivity contribution in [3.05, 3.63) is 29.6 Å². The minimum absolute atomic E-state index is 0.387. The molecule has 130 valence electrons. The second kappa shape index (κ2) is 7.37. The number of nitrogens with two attached hydrogens (primary N) is 1. The van der Waals surface area contributed by atoms with Crippen LogP contribution in [0.1, 0.15) is 68.6 Å². The summed E-state index contributed by atoms with van der Waals surface area (Å²) >= 11 is 0. The molecule has 0 bridgehead atoms. The van der Waals surface area contributed by atoms with Gasteiger partial charge in [0.25, 0.3) is 0 Å². The zero-order valence-corrected chi connectivity index (χ0v) is 14.9. The van der Waals surface area contributed by atoms with E-state index in [1.807, 2.05) is 18.2 Å². The predicted octanol–water partition coefficient (Wildman–Crippen LogP) is 4.30. The van der Waals surface area contributed by atoms with Crippen molar-refractivity contribution in [1.29, 1.82) is 0 Å². The highest BCUT2D eigenvalue weighted by molar-refractivity contribution is 5.96. The molecule has 4 nitrogen and oxygen atoms in total. The Labute approximate surface area is 144 Å². The van der Waals surface area contributed by atoms with Gasteiger partial charge in [0.05, 0.1) is 11.0 Å². The molecule has 2 N–H and O–H groups in total. The van der Waals surface area contributed by atoms with Crippen LogP contribution in [0, 0.1) is 11.8 Å². The summed E-state index contributed by atoms with van der Waals surface area (Å²) in [6.07, 6.45) is 8.92. The third-order valence-electron chi connectivity index (χ3n) is 5.50. The Bertz CT molecular complexity index is 713. The average Bonchev–Trinajstić information content (AvgIpc) is 2.92. The third-order valence-corrected chi connectivity index (χ3v) is 5.50. The number of hydrogen-bond donors (Lipinski definition) is 1. The quantitative estimate of drug-likeness (QED) is 0.859. The lowest BCUT2D eigenvalue weighted by Gasteiger charge is -2.22. The van der Waals surface area contributed by atoms with Gasteiger partial charge in [-0.2, -0.15) is 0 Å². The van der Waals surface area contributed by atoms with Crippen LogP contribution >= 0.6 is 0 Å². The molecule has 3 rings (SSSR count). The molecule has 1 amide bonds. The highest BCUT2D eigenvalue weighted by Crippen LogP contribution is 2.29. The molecule has 1 aliphatic rings. The molecule has 1 heterocycles. The lowest BCUT2D eigenvalue weighted by Crippen LogP contribution is -2.15. The Morgan fingerprint density at radius 3 is 2.75 bits per heavy atom. The van der Waals surface area contributed by atoms with E-state index in [4.69, 9.17) is 10.7 Å². The molecule has 1 atom stereocenters. The predicted molar refractivity (Wildman–Crippen MR) is 98.0 cm³/mol. The Morgan fingerprint density at radius 1 is 1.33 bits per heavy atom. The summed E-state index contributed by atoms with van der Waals surface area (Å²) in [5.41, 5.74) is 8.00. The molecule has 1 aliphatic carbocycles. The number of imidazole rings is 1. The van der Waals surface area contributed by atoms with Crippen LogP contribution in [0.5, 0.6) is 0 Å². The van der Waals surface area contributed by atoms with Crippen LogP contribution in [-0.4, -0.2) is 15.5 Å². The van der Waals surface area contributed by atoms with Crippen molar-refractivity contribution in [3.8, 4) is 0 Å². The smallest absolute Gasteiger partial charge is 0.248 e. The lowest BCUT2D eigenvalue weighted by molar-refractivity contribution is 0.100. The normalized spacial score (nSPS) is 17.2. The number of amides is 1. The molecule has 1 fully saturated rings. The first-order chi connectivity index (χ1) is 11.6. The standard InChI is InChI=1S/C20H29N3O/c1-3-14(2)13-23-18-10-9-16(20(21)24)12-17(18)22-19(23)11-15-7-5-4-6-8-15/h9-10,12,14-15H,3-8,11,13H2,1-2H3,(H2,21,24). The Hall–Kier alpha value is -1.84. The Kier molecular flexibility index (Phi) is 5.22. The van der Waals surface area contributed by atoms with E-state index in [1.54, 1.807) is 0 Å². The molecule has 1 unspecified atom stereocenters. The van der Waals surface area contributed by atoms with E-state index in [-0.39, 0.29) is 5.91 Å². The van der Waals surface area contributed by atoms with Gasteiger partial charge in [0.2, 0.25) is 5.91 Å². The zero-order valence-electron chi connectivity index (χ0n) is 14.9. The number of carbonyl (C=O) groups excluding carboxylic acids is 1. The van der Waals surface area contributed by atoms with Gasteiger partial charge in [0, 0.05) is 18.5 Å². The van der Waals surface area contributed by atoms with Gasteiger partial charge < -0.3 is 10.3 Å². The van der Waals surface area contributed by atoms with Gasteiger partial charge in [-0.05, 0) is 30.0 Å². The van der Waals surface area contributed by atoms with Crippen molar-refractivity contribution in [2.24, 2.45) is 17.6 Å². The number of aromatic nitrogens is 2. The van der Waals surface area contributed by atoms with E-state index in [1.165, 1.54) is 37.9 Å². The van der Waals surface area contributed by atoms with Gasteiger partial charge in [0.1, 0.15) is 5.82 Å². The topological polar surface area (TPSA) is 60.9 Å². The first-order valence-corrected chi connectivity index (χ1v) is 9.37. The van der Waals surface area contributed by atoms with Crippen LogP contribution in [0.4, 0.5) is 0 Å².